The third-order valence-corrected chi connectivity index (χ3v) is 3.10. The van der Waals surface area contributed by atoms with Crippen LogP contribution in [0.25, 0.3) is 0 Å². The maximum Gasteiger partial charge on any atom is 0.256 e. The minimum absolute atomic E-state index is 0.0568. The smallest absolute Gasteiger partial charge is 0.256 e. The lowest BCUT2D eigenvalue weighted by atomic mass is 10.0. The van der Waals surface area contributed by atoms with E-state index in [0.29, 0.717) is 31.0 Å². The van der Waals surface area contributed by atoms with E-state index in [1.165, 1.54) is 0 Å². The number of pyridine rings is 1. The number of aromatic nitrogens is 1. The lowest BCUT2D eigenvalue weighted by Gasteiger charge is -2.42. The fourth-order valence-corrected chi connectivity index (χ4v) is 2.08. The first-order valence-corrected chi connectivity index (χ1v) is 5.86. The summed E-state index contributed by atoms with van der Waals surface area (Å²) in [5.41, 5.74) is 3.25. The number of nitrogen functional groups attached to an aromatic ring is 1. The number of hydrazine groups is 1. The predicted octanol–water partition coefficient (Wildman–Crippen LogP) is 0.618. The number of ether oxygens (including phenoxy) is 1. The Kier molecular flexibility index (Phi) is 3.49. The Labute approximate surface area is 106 Å². The average molecular weight is 250 g/mol. The van der Waals surface area contributed by atoms with Crippen molar-refractivity contribution in [1.29, 1.82) is 0 Å². The molecule has 1 aliphatic rings. The Morgan fingerprint density at radius 2 is 2.39 bits per heavy atom. The van der Waals surface area contributed by atoms with Crippen molar-refractivity contribution in [1.82, 2.24) is 9.88 Å². The number of nitrogens with one attached hydrogen (secondary N) is 1. The molecule has 0 radical (unpaired) electrons. The van der Waals surface area contributed by atoms with Gasteiger partial charge < -0.3 is 15.1 Å². The van der Waals surface area contributed by atoms with Crippen LogP contribution in [0.3, 0.4) is 0 Å². The van der Waals surface area contributed by atoms with Gasteiger partial charge in [-0.1, -0.05) is 0 Å². The molecule has 0 atom stereocenters. The molecular formula is C12H18N4O2. The van der Waals surface area contributed by atoms with Crippen molar-refractivity contribution in [3.63, 3.8) is 0 Å². The van der Waals surface area contributed by atoms with E-state index < -0.39 is 0 Å². The molecule has 0 unspecified atom stereocenters. The number of hydrogen-bond acceptors (Lipinski definition) is 5. The lowest BCUT2D eigenvalue weighted by Crippen LogP contribution is -2.55. The van der Waals surface area contributed by atoms with Crippen molar-refractivity contribution in [2.75, 3.05) is 25.2 Å². The monoisotopic (exact) mass is 250 g/mol. The number of rotatable bonds is 2. The Morgan fingerprint density at radius 1 is 1.61 bits per heavy atom. The van der Waals surface area contributed by atoms with E-state index >= 15 is 0 Å². The van der Waals surface area contributed by atoms with Gasteiger partial charge in [0.2, 0.25) is 0 Å². The molecular weight excluding hydrogens is 232 g/mol. The van der Waals surface area contributed by atoms with Gasteiger partial charge in [-0.05, 0) is 19.9 Å². The number of anilines is 1. The van der Waals surface area contributed by atoms with E-state index in [0.717, 1.165) is 0 Å². The number of morpholine rings is 1. The summed E-state index contributed by atoms with van der Waals surface area (Å²) in [4.78, 5) is 18.3. The van der Waals surface area contributed by atoms with Crippen LogP contribution in [0.2, 0.25) is 0 Å². The highest BCUT2D eigenvalue weighted by Crippen LogP contribution is 2.24. The van der Waals surface area contributed by atoms with Crippen molar-refractivity contribution in [3.8, 4) is 0 Å². The Balaban J connectivity index is 2.30. The number of amides is 1. The van der Waals surface area contributed by atoms with Crippen LogP contribution in [0, 0.1) is 0 Å². The highest BCUT2D eigenvalue weighted by Gasteiger charge is 2.35. The second-order valence-electron chi connectivity index (χ2n) is 4.89. The number of carbonyl (C=O) groups is 1. The molecule has 3 N–H and O–H groups in total. The molecule has 0 bridgehead atoms. The van der Waals surface area contributed by atoms with Gasteiger partial charge >= 0.3 is 0 Å². The molecule has 1 aromatic heterocycles. The zero-order chi connectivity index (χ0) is 13.2. The second kappa shape index (κ2) is 4.91. The Morgan fingerprint density at radius 3 is 3.06 bits per heavy atom. The van der Waals surface area contributed by atoms with Gasteiger partial charge in [0, 0.05) is 12.7 Å². The van der Waals surface area contributed by atoms with Crippen LogP contribution in [0.5, 0.6) is 0 Å². The molecule has 18 heavy (non-hydrogen) atoms. The molecule has 98 valence electrons. The molecule has 1 amide bonds. The lowest BCUT2D eigenvalue weighted by molar-refractivity contribution is -0.0370. The maximum absolute atomic E-state index is 12.5. The second-order valence-corrected chi connectivity index (χ2v) is 4.89. The minimum Gasteiger partial charge on any atom is -0.377 e. The van der Waals surface area contributed by atoms with E-state index in [1.54, 1.807) is 18.5 Å². The van der Waals surface area contributed by atoms with Crippen LogP contribution >= 0.6 is 0 Å². The van der Waals surface area contributed by atoms with Crippen LogP contribution in [0.4, 0.5) is 5.69 Å². The molecule has 2 heterocycles. The predicted molar refractivity (Wildman–Crippen MR) is 68.0 cm³/mol. The summed E-state index contributed by atoms with van der Waals surface area (Å²) in [6.45, 7) is 5.65. The van der Waals surface area contributed by atoms with Crippen molar-refractivity contribution in [2.24, 2.45) is 5.84 Å². The molecule has 6 nitrogen and oxygen atoms in total. The number of hydrogen-bond donors (Lipinski definition) is 2. The van der Waals surface area contributed by atoms with Gasteiger partial charge in [0.1, 0.15) is 0 Å². The van der Waals surface area contributed by atoms with E-state index in [4.69, 9.17) is 10.6 Å². The van der Waals surface area contributed by atoms with Gasteiger partial charge in [0.15, 0.2) is 0 Å². The van der Waals surface area contributed by atoms with Crippen LogP contribution < -0.4 is 11.3 Å². The SMILES string of the molecule is CC1(C)COCCN1C(=O)c1ccncc1NN. The van der Waals surface area contributed by atoms with Crippen molar-refractivity contribution >= 4 is 11.6 Å². The standard InChI is InChI=1S/C12H18N4O2/c1-12(2)8-18-6-5-16(12)11(17)9-3-4-14-7-10(9)15-13/h3-4,7,15H,5-6,8,13H2,1-2H3. The van der Waals surface area contributed by atoms with Gasteiger partial charge in [-0.15, -0.1) is 0 Å². The molecule has 0 spiro atoms. The quantitative estimate of drug-likeness (QED) is 0.594. The summed E-state index contributed by atoms with van der Waals surface area (Å²) >= 11 is 0. The first kappa shape index (κ1) is 12.8. The molecule has 1 aromatic rings. The highest BCUT2D eigenvalue weighted by molar-refractivity contribution is 5.99. The minimum atomic E-state index is -0.315. The van der Waals surface area contributed by atoms with Crippen molar-refractivity contribution < 1.29 is 9.53 Å². The largest absolute Gasteiger partial charge is 0.377 e. The van der Waals surface area contributed by atoms with Crippen LogP contribution in [0.1, 0.15) is 24.2 Å². The Hall–Kier alpha value is -1.66. The Bertz CT molecular complexity index is 447. The molecule has 0 aromatic carbocycles. The number of nitrogens with two attached hydrogens (primary N) is 1. The van der Waals surface area contributed by atoms with Crippen LogP contribution in [-0.2, 0) is 4.74 Å². The zero-order valence-electron chi connectivity index (χ0n) is 10.6. The van der Waals surface area contributed by atoms with E-state index in [2.05, 4.69) is 10.4 Å². The third-order valence-electron chi connectivity index (χ3n) is 3.10. The van der Waals surface area contributed by atoms with E-state index in [1.807, 2.05) is 18.7 Å². The average Bonchev–Trinajstić information content (AvgIpc) is 2.37. The highest BCUT2D eigenvalue weighted by atomic mass is 16.5. The summed E-state index contributed by atoms with van der Waals surface area (Å²) in [6, 6.07) is 1.67. The fourth-order valence-electron chi connectivity index (χ4n) is 2.08. The first-order valence-electron chi connectivity index (χ1n) is 5.86. The van der Waals surface area contributed by atoms with Crippen LogP contribution in [0.15, 0.2) is 18.5 Å². The van der Waals surface area contributed by atoms with Crippen LogP contribution in [-0.4, -0.2) is 41.1 Å². The number of nitrogens with zero attached hydrogens (tertiary/aromatic N) is 2. The van der Waals surface area contributed by atoms with Crippen molar-refractivity contribution in [2.45, 2.75) is 19.4 Å². The third kappa shape index (κ3) is 2.30. The normalized spacial score (nSPS) is 18.5. The van der Waals surface area contributed by atoms with Crippen molar-refractivity contribution in [3.05, 3.63) is 24.0 Å². The molecule has 6 heteroatoms. The molecule has 2 rings (SSSR count). The summed E-state index contributed by atoms with van der Waals surface area (Å²) in [5, 5.41) is 0. The van der Waals surface area contributed by atoms with Gasteiger partial charge in [-0.3, -0.25) is 15.6 Å². The molecule has 1 aliphatic heterocycles. The van der Waals surface area contributed by atoms with Gasteiger partial charge in [0.05, 0.1) is 36.2 Å². The van der Waals surface area contributed by atoms with E-state index in [-0.39, 0.29) is 11.4 Å². The van der Waals surface area contributed by atoms with E-state index in [9.17, 15) is 4.79 Å². The summed E-state index contributed by atoms with van der Waals surface area (Å²) in [7, 11) is 0. The maximum atomic E-state index is 12.5. The molecule has 1 fully saturated rings. The summed E-state index contributed by atoms with van der Waals surface area (Å²) in [5.74, 6) is 5.34. The zero-order valence-corrected chi connectivity index (χ0v) is 10.6. The number of carbonyl (C=O) groups excluding carboxylic acids is 1. The van der Waals surface area contributed by atoms with Gasteiger partial charge in [-0.25, -0.2) is 0 Å². The first-order chi connectivity index (χ1) is 8.56. The topological polar surface area (TPSA) is 80.5 Å². The van der Waals surface area contributed by atoms with Gasteiger partial charge in [0.25, 0.3) is 5.91 Å². The van der Waals surface area contributed by atoms with Gasteiger partial charge in [-0.2, -0.15) is 0 Å². The molecule has 1 saturated heterocycles. The fraction of sp³-hybridized carbons (Fsp3) is 0.500. The summed E-state index contributed by atoms with van der Waals surface area (Å²) in [6.07, 6.45) is 3.13. The molecule has 0 aliphatic carbocycles. The molecule has 0 saturated carbocycles. The summed E-state index contributed by atoms with van der Waals surface area (Å²) < 4.78 is 5.41.